The molecule has 0 aromatic carbocycles. The van der Waals surface area contributed by atoms with E-state index in [0.29, 0.717) is 29.5 Å². The fourth-order valence-corrected chi connectivity index (χ4v) is 2.65. The van der Waals surface area contributed by atoms with Crippen LogP contribution in [0.25, 0.3) is 11.5 Å². The Balaban J connectivity index is 1.78. The molecule has 2 aromatic heterocycles. The fourth-order valence-electron chi connectivity index (χ4n) is 2.65. The van der Waals surface area contributed by atoms with Gasteiger partial charge in [-0.2, -0.15) is 4.98 Å². The molecule has 0 N–H and O–H groups in total. The summed E-state index contributed by atoms with van der Waals surface area (Å²) in [6.07, 6.45) is 8.14. The van der Waals surface area contributed by atoms with E-state index in [1.165, 1.54) is 0 Å². The number of aromatic nitrogens is 3. The van der Waals surface area contributed by atoms with E-state index in [-0.39, 0.29) is 12.1 Å². The van der Waals surface area contributed by atoms with Gasteiger partial charge >= 0.3 is 6.09 Å². The van der Waals surface area contributed by atoms with Gasteiger partial charge in [0.05, 0.1) is 0 Å². The Labute approximate surface area is 146 Å². The normalized spacial score (nSPS) is 17.4. The third kappa shape index (κ3) is 3.79. The summed E-state index contributed by atoms with van der Waals surface area (Å²) in [5.74, 6) is 3.27. The summed E-state index contributed by atoms with van der Waals surface area (Å²) in [5.41, 5.74) is 0.697. The molecule has 1 fully saturated rings. The van der Waals surface area contributed by atoms with Gasteiger partial charge in [-0.3, -0.25) is 9.88 Å². The Kier molecular flexibility index (Phi) is 4.45. The lowest BCUT2D eigenvalue weighted by Crippen LogP contribution is -2.36. The SMILES string of the molecule is C#Cc1ccc(-c2noc(C3CCCN3C(=O)OC(C)(C)C)n2)nc1. The average Bonchev–Trinajstić information content (AvgIpc) is 3.22. The van der Waals surface area contributed by atoms with Gasteiger partial charge < -0.3 is 9.26 Å². The predicted octanol–water partition coefficient (Wildman–Crippen LogP) is 3.18. The molecule has 0 radical (unpaired) electrons. The second-order valence-electron chi connectivity index (χ2n) is 6.86. The van der Waals surface area contributed by atoms with E-state index in [0.717, 1.165) is 12.8 Å². The molecular formula is C18H20N4O3. The molecule has 7 nitrogen and oxygen atoms in total. The molecule has 7 heteroatoms. The van der Waals surface area contributed by atoms with Crippen molar-refractivity contribution >= 4 is 6.09 Å². The zero-order chi connectivity index (χ0) is 18.0. The summed E-state index contributed by atoms with van der Waals surface area (Å²) in [5, 5.41) is 3.98. The van der Waals surface area contributed by atoms with Crippen LogP contribution in [0.2, 0.25) is 0 Å². The summed E-state index contributed by atoms with van der Waals surface area (Å²) in [7, 11) is 0. The number of rotatable bonds is 2. The summed E-state index contributed by atoms with van der Waals surface area (Å²) in [6.45, 7) is 6.12. The van der Waals surface area contributed by atoms with Crippen LogP contribution in [0.15, 0.2) is 22.9 Å². The van der Waals surface area contributed by atoms with E-state index >= 15 is 0 Å². The molecule has 0 saturated carbocycles. The molecule has 1 saturated heterocycles. The van der Waals surface area contributed by atoms with Crippen molar-refractivity contribution in [2.75, 3.05) is 6.54 Å². The summed E-state index contributed by atoms with van der Waals surface area (Å²) in [6, 6.07) is 3.23. The van der Waals surface area contributed by atoms with E-state index < -0.39 is 5.60 Å². The van der Waals surface area contributed by atoms with Crippen molar-refractivity contribution in [3.8, 4) is 23.9 Å². The van der Waals surface area contributed by atoms with Gasteiger partial charge in [0, 0.05) is 18.3 Å². The number of terminal acetylenes is 1. The van der Waals surface area contributed by atoms with Gasteiger partial charge in [-0.1, -0.05) is 11.1 Å². The van der Waals surface area contributed by atoms with E-state index in [1.54, 1.807) is 23.2 Å². The van der Waals surface area contributed by atoms with Crippen molar-refractivity contribution < 1.29 is 14.1 Å². The molecule has 1 atom stereocenters. The molecule has 1 aliphatic rings. The zero-order valence-electron chi connectivity index (χ0n) is 14.5. The first kappa shape index (κ1) is 17.0. The van der Waals surface area contributed by atoms with Crippen molar-refractivity contribution in [3.05, 3.63) is 29.8 Å². The van der Waals surface area contributed by atoms with E-state index in [9.17, 15) is 4.79 Å². The highest BCUT2D eigenvalue weighted by molar-refractivity contribution is 5.69. The Bertz CT molecular complexity index is 799. The second kappa shape index (κ2) is 6.55. The minimum Gasteiger partial charge on any atom is -0.444 e. The third-order valence-corrected chi connectivity index (χ3v) is 3.77. The first-order valence-corrected chi connectivity index (χ1v) is 8.13. The number of hydrogen-bond acceptors (Lipinski definition) is 6. The number of hydrogen-bond donors (Lipinski definition) is 0. The fraction of sp³-hybridized carbons (Fsp3) is 0.444. The van der Waals surface area contributed by atoms with E-state index in [2.05, 4.69) is 21.0 Å². The Morgan fingerprint density at radius 2 is 2.24 bits per heavy atom. The summed E-state index contributed by atoms with van der Waals surface area (Å²) < 4.78 is 10.8. The van der Waals surface area contributed by atoms with Crippen molar-refractivity contribution in [1.82, 2.24) is 20.0 Å². The van der Waals surface area contributed by atoms with Crippen molar-refractivity contribution in [3.63, 3.8) is 0 Å². The van der Waals surface area contributed by atoms with Crippen LogP contribution in [0, 0.1) is 12.3 Å². The van der Waals surface area contributed by atoms with Gasteiger partial charge in [0.25, 0.3) is 0 Å². The van der Waals surface area contributed by atoms with Crippen molar-refractivity contribution in [2.45, 2.75) is 45.3 Å². The maximum Gasteiger partial charge on any atom is 0.410 e. The number of carbonyl (C=O) groups excluding carboxylic acids is 1. The summed E-state index contributed by atoms with van der Waals surface area (Å²) in [4.78, 5) is 22.6. The average molecular weight is 340 g/mol. The molecule has 0 spiro atoms. The van der Waals surface area contributed by atoms with Crippen LogP contribution in [-0.4, -0.2) is 38.3 Å². The van der Waals surface area contributed by atoms with Gasteiger partial charge in [-0.15, -0.1) is 6.42 Å². The Hall–Kier alpha value is -2.88. The molecule has 1 unspecified atom stereocenters. The molecule has 0 aliphatic carbocycles. The monoisotopic (exact) mass is 340 g/mol. The molecule has 25 heavy (non-hydrogen) atoms. The van der Waals surface area contributed by atoms with Gasteiger partial charge in [-0.25, -0.2) is 4.79 Å². The lowest BCUT2D eigenvalue weighted by atomic mass is 10.2. The first-order valence-electron chi connectivity index (χ1n) is 8.13. The lowest BCUT2D eigenvalue weighted by Gasteiger charge is -2.26. The van der Waals surface area contributed by atoms with E-state index in [1.807, 2.05) is 20.8 Å². The highest BCUT2D eigenvalue weighted by Crippen LogP contribution is 2.33. The van der Waals surface area contributed by atoms with Crippen molar-refractivity contribution in [2.24, 2.45) is 0 Å². The van der Waals surface area contributed by atoms with Crippen molar-refractivity contribution in [1.29, 1.82) is 0 Å². The largest absolute Gasteiger partial charge is 0.444 e. The second-order valence-corrected chi connectivity index (χ2v) is 6.86. The van der Waals surface area contributed by atoms with Gasteiger partial charge in [-0.05, 0) is 45.7 Å². The smallest absolute Gasteiger partial charge is 0.410 e. The molecule has 1 amide bonds. The molecule has 2 aromatic rings. The highest BCUT2D eigenvalue weighted by atomic mass is 16.6. The van der Waals surface area contributed by atoms with E-state index in [4.69, 9.17) is 15.7 Å². The molecule has 3 rings (SSSR count). The maximum absolute atomic E-state index is 12.4. The van der Waals surface area contributed by atoms with Crippen LogP contribution >= 0.6 is 0 Å². The summed E-state index contributed by atoms with van der Waals surface area (Å²) >= 11 is 0. The van der Waals surface area contributed by atoms with Crippen LogP contribution in [0.3, 0.4) is 0 Å². The molecule has 130 valence electrons. The number of carbonyl (C=O) groups is 1. The highest BCUT2D eigenvalue weighted by Gasteiger charge is 2.36. The quantitative estimate of drug-likeness (QED) is 0.781. The predicted molar refractivity (Wildman–Crippen MR) is 90.4 cm³/mol. The van der Waals surface area contributed by atoms with Gasteiger partial charge in [0.2, 0.25) is 11.7 Å². The zero-order valence-corrected chi connectivity index (χ0v) is 14.5. The van der Waals surface area contributed by atoms with Crippen LogP contribution in [0.1, 0.15) is 51.1 Å². The standard InChI is InChI=1S/C18H20N4O3/c1-5-12-8-9-13(19-11-12)15-20-16(25-21-15)14-7-6-10-22(14)17(23)24-18(2,3)4/h1,8-9,11,14H,6-7,10H2,2-4H3. The minimum atomic E-state index is -0.549. The number of ether oxygens (including phenoxy) is 1. The molecular weight excluding hydrogens is 320 g/mol. The number of likely N-dealkylation sites (tertiary alicyclic amines) is 1. The van der Waals surface area contributed by atoms with Crippen LogP contribution in [0.5, 0.6) is 0 Å². The van der Waals surface area contributed by atoms with Crippen LogP contribution in [-0.2, 0) is 4.74 Å². The Morgan fingerprint density at radius 3 is 2.88 bits per heavy atom. The topological polar surface area (TPSA) is 81.4 Å². The van der Waals surface area contributed by atoms with Gasteiger partial charge in [0.15, 0.2) is 0 Å². The third-order valence-electron chi connectivity index (χ3n) is 3.77. The number of amides is 1. The number of nitrogens with zero attached hydrogens (tertiary/aromatic N) is 4. The lowest BCUT2D eigenvalue weighted by molar-refractivity contribution is 0.0199. The van der Waals surface area contributed by atoms with Crippen LogP contribution in [0.4, 0.5) is 4.79 Å². The first-order chi connectivity index (χ1) is 11.9. The Morgan fingerprint density at radius 1 is 1.44 bits per heavy atom. The molecule has 3 heterocycles. The minimum absolute atomic E-state index is 0.277. The molecule has 1 aliphatic heterocycles. The van der Waals surface area contributed by atoms with Gasteiger partial charge in [0.1, 0.15) is 17.3 Å². The molecule has 0 bridgehead atoms. The number of pyridine rings is 1. The van der Waals surface area contributed by atoms with Crippen LogP contribution < -0.4 is 0 Å². The maximum atomic E-state index is 12.4.